The highest BCUT2D eigenvalue weighted by Gasteiger charge is 2.30. The van der Waals surface area contributed by atoms with Gasteiger partial charge < -0.3 is 20.7 Å². The second kappa shape index (κ2) is 10.6. The Kier molecular flexibility index (Phi) is 7.20. The summed E-state index contributed by atoms with van der Waals surface area (Å²) in [4.78, 5) is 25.2. The monoisotopic (exact) mass is 491 g/mol. The zero-order valence-corrected chi connectivity index (χ0v) is 18.7. The van der Waals surface area contributed by atoms with Crippen molar-refractivity contribution >= 4 is 29.0 Å². The first-order valence-electron chi connectivity index (χ1n) is 10.8. The number of hydrogen-bond acceptors (Lipinski definition) is 3. The van der Waals surface area contributed by atoms with Crippen molar-refractivity contribution in [2.75, 3.05) is 16.0 Å². The lowest BCUT2D eigenvalue weighted by molar-refractivity contribution is -0.137. The average Bonchev–Trinajstić information content (AvgIpc) is 2.86. The van der Waals surface area contributed by atoms with Gasteiger partial charge >= 0.3 is 12.2 Å². The molecule has 0 aliphatic heterocycles. The fraction of sp³-hybridized carbons (Fsp3) is 0.0370. The summed E-state index contributed by atoms with van der Waals surface area (Å²) in [5.74, 6) is 0.407. The van der Waals surface area contributed by atoms with Gasteiger partial charge in [0.15, 0.2) is 5.75 Å². The first-order valence-corrected chi connectivity index (χ1v) is 10.8. The summed E-state index contributed by atoms with van der Waals surface area (Å²) in [6.07, 6.45) is -4.55. The predicted molar refractivity (Wildman–Crippen MR) is 131 cm³/mol. The maximum atomic E-state index is 13.0. The van der Waals surface area contributed by atoms with Crippen molar-refractivity contribution in [2.24, 2.45) is 0 Å². The molecule has 36 heavy (non-hydrogen) atoms. The molecule has 6 nitrogen and oxygen atoms in total. The number of urea groups is 1. The van der Waals surface area contributed by atoms with Gasteiger partial charge in [-0.25, -0.2) is 4.79 Å². The molecule has 0 saturated heterocycles. The van der Waals surface area contributed by atoms with Crippen LogP contribution in [0.25, 0.3) is 0 Å². The van der Waals surface area contributed by atoms with E-state index in [4.69, 9.17) is 4.74 Å². The molecule has 4 rings (SSSR count). The molecule has 0 atom stereocenters. The number of anilines is 3. The van der Waals surface area contributed by atoms with Gasteiger partial charge in [0.25, 0.3) is 5.91 Å². The van der Waals surface area contributed by atoms with Gasteiger partial charge in [-0.1, -0.05) is 42.5 Å². The number of alkyl halides is 3. The molecule has 0 spiro atoms. The minimum atomic E-state index is -4.55. The molecule has 0 radical (unpaired) electrons. The fourth-order valence-corrected chi connectivity index (χ4v) is 3.26. The zero-order chi connectivity index (χ0) is 25.5. The van der Waals surface area contributed by atoms with E-state index in [0.29, 0.717) is 17.0 Å². The van der Waals surface area contributed by atoms with E-state index in [2.05, 4.69) is 16.0 Å². The first kappa shape index (κ1) is 24.3. The summed E-state index contributed by atoms with van der Waals surface area (Å²) in [6, 6.07) is 25.5. The van der Waals surface area contributed by atoms with Crippen LogP contribution in [-0.4, -0.2) is 11.9 Å². The number of carbonyl (C=O) groups is 2. The number of rotatable bonds is 6. The van der Waals surface area contributed by atoms with Gasteiger partial charge in [-0.05, 0) is 60.7 Å². The lowest BCUT2D eigenvalue weighted by Crippen LogP contribution is -2.20. The van der Waals surface area contributed by atoms with Crippen LogP contribution >= 0.6 is 0 Å². The molecule has 0 fully saturated rings. The molecule has 182 valence electrons. The van der Waals surface area contributed by atoms with E-state index in [-0.39, 0.29) is 23.0 Å². The van der Waals surface area contributed by atoms with E-state index >= 15 is 0 Å². The van der Waals surface area contributed by atoms with Crippen molar-refractivity contribution in [3.63, 3.8) is 0 Å². The third-order valence-corrected chi connectivity index (χ3v) is 4.94. The number of nitrogens with one attached hydrogen (secondary N) is 3. The van der Waals surface area contributed by atoms with E-state index in [1.54, 1.807) is 66.7 Å². The Labute approximate surface area is 204 Å². The molecule has 4 aromatic carbocycles. The highest BCUT2D eigenvalue weighted by molar-refractivity contribution is 6.05. The maximum Gasteiger partial charge on any atom is 0.416 e. The Morgan fingerprint density at radius 2 is 1.33 bits per heavy atom. The fourth-order valence-electron chi connectivity index (χ4n) is 3.26. The standard InChI is InChI=1S/C27H20F3N3O3/c28-27(29,30)19-10-7-11-20(16-19)32-26(35)33-23-17-21(31-25(34)18-8-3-1-4-9-18)14-15-24(23)36-22-12-5-2-6-13-22/h1-17H,(H,31,34)(H2,32,33,35). The molecule has 3 amide bonds. The molecule has 3 N–H and O–H groups in total. The quantitative estimate of drug-likeness (QED) is 0.263. The van der Waals surface area contributed by atoms with Crippen molar-refractivity contribution in [2.45, 2.75) is 6.18 Å². The number of hydrogen-bond donors (Lipinski definition) is 3. The van der Waals surface area contributed by atoms with E-state index in [1.165, 1.54) is 18.2 Å². The van der Waals surface area contributed by atoms with Gasteiger partial charge in [0.1, 0.15) is 5.75 Å². The molecule has 0 aliphatic rings. The van der Waals surface area contributed by atoms with Crippen LogP contribution < -0.4 is 20.7 Å². The van der Waals surface area contributed by atoms with E-state index in [1.807, 2.05) is 6.07 Å². The Hall–Kier alpha value is -4.79. The Balaban J connectivity index is 1.56. The third-order valence-electron chi connectivity index (χ3n) is 4.94. The normalized spacial score (nSPS) is 10.9. The largest absolute Gasteiger partial charge is 0.455 e. The highest BCUT2D eigenvalue weighted by atomic mass is 19.4. The van der Waals surface area contributed by atoms with Crippen LogP contribution in [0.15, 0.2) is 103 Å². The lowest BCUT2D eigenvalue weighted by Gasteiger charge is -2.15. The Bertz CT molecular complexity index is 1360. The predicted octanol–water partition coefficient (Wildman–Crippen LogP) is 7.39. The highest BCUT2D eigenvalue weighted by Crippen LogP contribution is 2.33. The number of ether oxygens (including phenoxy) is 1. The molecule has 0 unspecified atom stereocenters. The summed E-state index contributed by atoms with van der Waals surface area (Å²) in [5.41, 5.74) is 0.0761. The van der Waals surface area contributed by atoms with Crippen LogP contribution in [0.2, 0.25) is 0 Å². The van der Waals surface area contributed by atoms with Crippen molar-refractivity contribution in [1.29, 1.82) is 0 Å². The minimum Gasteiger partial charge on any atom is -0.455 e. The van der Waals surface area contributed by atoms with Gasteiger partial charge in [-0.2, -0.15) is 13.2 Å². The molecule has 0 aromatic heterocycles. The summed E-state index contributed by atoms with van der Waals surface area (Å²) in [5, 5.41) is 7.72. The topological polar surface area (TPSA) is 79.5 Å². The third kappa shape index (κ3) is 6.41. The molecule has 0 bridgehead atoms. The summed E-state index contributed by atoms with van der Waals surface area (Å²) >= 11 is 0. The van der Waals surface area contributed by atoms with E-state index < -0.39 is 17.8 Å². The Morgan fingerprint density at radius 3 is 2.03 bits per heavy atom. The molecular weight excluding hydrogens is 471 g/mol. The van der Waals surface area contributed by atoms with Gasteiger partial charge in [0, 0.05) is 16.9 Å². The zero-order valence-electron chi connectivity index (χ0n) is 18.7. The Morgan fingerprint density at radius 1 is 0.667 bits per heavy atom. The van der Waals surface area contributed by atoms with Crippen molar-refractivity contribution in [3.05, 3.63) is 114 Å². The number of amides is 3. The second-order valence-electron chi connectivity index (χ2n) is 7.60. The SMILES string of the molecule is O=C(Nc1cccc(C(F)(F)F)c1)Nc1cc(NC(=O)c2ccccc2)ccc1Oc1ccccc1. The maximum absolute atomic E-state index is 13.0. The number of para-hydroxylation sites is 1. The van der Waals surface area contributed by atoms with Crippen LogP contribution in [0.3, 0.4) is 0 Å². The van der Waals surface area contributed by atoms with Crippen LogP contribution in [0, 0.1) is 0 Å². The van der Waals surface area contributed by atoms with Crippen molar-refractivity contribution in [3.8, 4) is 11.5 Å². The van der Waals surface area contributed by atoms with Gasteiger partial charge in [0.2, 0.25) is 0 Å². The van der Waals surface area contributed by atoms with Crippen LogP contribution in [0.5, 0.6) is 11.5 Å². The van der Waals surface area contributed by atoms with Crippen LogP contribution in [-0.2, 0) is 6.18 Å². The summed E-state index contributed by atoms with van der Waals surface area (Å²) < 4.78 is 44.9. The van der Waals surface area contributed by atoms with Crippen molar-refractivity contribution in [1.82, 2.24) is 0 Å². The number of halogens is 3. The van der Waals surface area contributed by atoms with E-state index in [9.17, 15) is 22.8 Å². The molecular formula is C27H20F3N3O3. The molecule has 0 aliphatic carbocycles. The van der Waals surface area contributed by atoms with Gasteiger partial charge in [-0.3, -0.25) is 4.79 Å². The molecule has 4 aromatic rings. The lowest BCUT2D eigenvalue weighted by atomic mass is 10.2. The minimum absolute atomic E-state index is 0.0404. The molecule has 0 saturated carbocycles. The van der Waals surface area contributed by atoms with E-state index in [0.717, 1.165) is 12.1 Å². The summed E-state index contributed by atoms with van der Waals surface area (Å²) in [6.45, 7) is 0. The van der Waals surface area contributed by atoms with Gasteiger partial charge in [0.05, 0.1) is 11.3 Å². The molecule has 0 heterocycles. The van der Waals surface area contributed by atoms with Crippen molar-refractivity contribution < 1.29 is 27.5 Å². The van der Waals surface area contributed by atoms with Gasteiger partial charge in [-0.15, -0.1) is 0 Å². The number of carbonyl (C=O) groups excluding carboxylic acids is 2. The summed E-state index contributed by atoms with van der Waals surface area (Å²) in [7, 11) is 0. The molecule has 9 heteroatoms. The van der Waals surface area contributed by atoms with Crippen LogP contribution in [0.1, 0.15) is 15.9 Å². The second-order valence-corrected chi connectivity index (χ2v) is 7.60. The smallest absolute Gasteiger partial charge is 0.416 e. The van der Waals surface area contributed by atoms with Crippen LogP contribution in [0.4, 0.5) is 35.0 Å². The number of benzene rings is 4. The average molecular weight is 491 g/mol. The first-order chi connectivity index (χ1) is 17.3.